The zero-order valence-electron chi connectivity index (χ0n) is 23.7. The molecule has 39 heavy (non-hydrogen) atoms. The number of ketones is 1. The molecule has 0 saturated heterocycles. The van der Waals surface area contributed by atoms with Gasteiger partial charge >= 0.3 is 5.97 Å². The molecule has 0 bridgehead atoms. The largest absolute Gasteiger partial charge is 0.481 e. The molecule has 2 saturated carbocycles. The fraction of sp³-hybridized carbons (Fsp3) is 0.588. The van der Waals surface area contributed by atoms with Crippen LogP contribution in [0.1, 0.15) is 89.5 Å². The van der Waals surface area contributed by atoms with Crippen LogP contribution in [0.3, 0.4) is 0 Å². The van der Waals surface area contributed by atoms with Gasteiger partial charge in [-0.15, -0.1) is 5.92 Å². The van der Waals surface area contributed by atoms with Crippen LogP contribution in [-0.2, 0) is 9.59 Å². The van der Waals surface area contributed by atoms with Crippen LogP contribution in [0.4, 0.5) is 5.69 Å². The summed E-state index contributed by atoms with van der Waals surface area (Å²) < 4.78 is 0. The van der Waals surface area contributed by atoms with Gasteiger partial charge in [0.2, 0.25) is 0 Å². The van der Waals surface area contributed by atoms with Crippen molar-refractivity contribution in [3.63, 3.8) is 0 Å². The summed E-state index contributed by atoms with van der Waals surface area (Å²) in [7, 11) is 2.10. The molecule has 0 spiro atoms. The third-order valence-electron chi connectivity index (χ3n) is 10.2. The molecule has 5 nitrogen and oxygen atoms in total. The lowest BCUT2D eigenvalue weighted by atomic mass is 9.51. The van der Waals surface area contributed by atoms with Crippen molar-refractivity contribution in [1.29, 1.82) is 0 Å². The van der Waals surface area contributed by atoms with E-state index in [0.717, 1.165) is 63.6 Å². The Balaban J connectivity index is 1.46. The molecule has 4 aliphatic carbocycles. The van der Waals surface area contributed by atoms with Crippen molar-refractivity contribution in [2.45, 2.75) is 90.1 Å². The van der Waals surface area contributed by atoms with E-state index in [1.54, 1.807) is 0 Å². The lowest BCUT2D eigenvalue weighted by Crippen LogP contribution is -2.47. The molecule has 1 aromatic rings. The number of fused-ring (bicyclic) bond motifs is 4. The quantitative estimate of drug-likeness (QED) is 0.306. The van der Waals surface area contributed by atoms with E-state index in [0.29, 0.717) is 18.3 Å². The highest BCUT2D eigenvalue weighted by Crippen LogP contribution is 2.65. The number of rotatable bonds is 8. The number of carbonyl (C=O) groups excluding carboxylic acids is 1. The summed E-state index contributed by atoms with van der Waals surface area (Å²) >= 11 is 0. The highest BCUT2D eigenvalue weighted by atomic mass is 16.4. The molecule has 2 N–H and O–H groups in total. The van der Waals surface area contributed by atoms with Gasteiger partial charge in [0.25, 0.3) is 0 Å². The number of unbranched alkanes of at least 4 members (excludes halogenated alkanes) is 2. The average Bonchev–Trinajstić information content (AvgIpc) is 3.21. The van der Waals surface area contributed by atoms with Crippen LogP contribution < -0.4 is 4.90 Å². The predicted octanol–water partition coefficient (Wildman–Crippen LogP) is 6.28. The van der Waals surface area contributed by atoms with Crippen molar-refractivity contribution in [2.24, 2.45) is 23.2 Å². The molecule has 2 fully saturated rings. The minimum Gasteiger partial charge on any atom is -0.481 e. The van der Waals surface area contributed by atoms with E-state index in [1.165, 1.54) is 22.3 Å². The van der Waals surface area contributed by atoms with E-state index in [1.807, 2.05) is 13.0 Å². The molecule has 1 aromatic carbocycles. The van der Waals surface area contributed by atoms with Crippen LogP contribution in [0, 0.1) is 35.0 Å². The van der Waals surface area contributed by atoms with E-state index in [4.69, 9.17) is 5.11 Å². The first-order chi connectivity index (χ1) is 18.7. The number of hydrogen-bond donors (Lipinski definition) is 2. The number of allylic oxidation sites excluding steroid dienone is 4. The summed E-state index contributed by atoms with van der Waals surface area (Å²) in [6.45, 7) is 5.12. The SMILES string of the molecule is CC#CC1CC2=CC(=O)CCC2=C2[C@@H](c3ccc(N(C)CCCCCC(=O)O)cc3)C[C@]3(C)[C@@H](O)CC[C@H]3[C@@H]21. The number of aliphatic hydroxyl groups excluding tert-OH is 1. The van der Waals surface area contributed by atoms with Crippen molar-refractivity contribution in [3.8, 4) is 11.8 Å². The number of hydrogen-bond acceptors (Lipinski definition) is 4. The van der Waals surface area contributed by atoms with Gasteiger partial charge in [0.05, 0.1) is 6.10 Å². The van der Waals surface area contributed by atoms with Crippen LogP contribution in [0.2, 0.25) is 0 Å². The number of carbonyl (C=O) groups is 2. The van der Waals surface area contributed by atoms with Gasteiger partial charge in [-0.05, 0) is 104 Å². The number of benzene rings is 1. The second kappa shape index (κ2) is 11.3. The van der Waals surface area contributed by atoms with Gasteiger partial charge in [0, 0.05) is 44.0 Å². The Labute approximate surface area is 233 Å². The topological polar surface area (TPSA) is 77.8 Å². The second-order valence-electron chi connectivity index (χ2n) is 12.5. The maximum atomic E-state index is 12.4. The van der Waals surface area contributed by atoms with Crippen molar-refractivity contribution in [1.82, 2.24) is 0 Å². The first kappa shape index (κ1) is 27.7. The zero-order valence-corrected chi connectivity index (χ0v) is 23.7. The molecule has 0 aliphatic heterocycles. The lowest BCUT2D eigenvalue weighted by Gasteiger charge is -2.53. The van der Waals surface area contributed by atoms with Crippen LogP contribution in [0.15, 0.2) is 47.1 Å². The van der Waals surface area contributed by atoms with Gasteiger partial charge in [-0.3, -0.25) is 9.59 Å². The maximum Gasteiger partial charge on any atom is 0.303 e. The minimum atomic E-state index is -0.723. The molecule has 0 amide bonds. The first-order valence-corrected chi connectivity index (χ1v) is 14.8. The van der Waals surface area contributed by atoms with Gasteiger partial charge in [0.1, 0.15) is 0 Å². The van der Waals surface area contributed by atoms with Gasteiger partial charge < -0.3 is 15.1 Å². The van der Waals surface area contributed by atoms with Gasteiger partial charge in [-0.25, -0.2) is 0 Å². The number of nitrogens with zero attached hydrogens (tertiary/aromatic N) is 1. The van der Waals surface area contributed by atoms with Crippen molar-refractivity contribution < 1.29 is 19.8 Å². The Morgan fingerprint density at radius 2 is 1.90 bits per heavy atom. The number of carboxylic acids is 1. The number of anilines is 1. The van der Waals surface area contributed by atoms with E-state index >= 15 is 0 Å². The monoisotopic (exact) mass is 529 g/mol. The molecule has 208 valence electrons. The van der Waals surface area contributed by atoms with E-state index in [9.17, 15) is 14.7 Å². The highest BCUT2D eigenvalue weighted by molar-refractivity contribution is 5.93. The lowest BCUT2D eigenvalue weighted by molar-refractivity contribution is -0.137. The van der Waals surface area contributed by atoms with Crippen molar-refractivity contribution >= 4 is 17.4 Å². The number of carboxylic acid groups (broad SMARTS) is 1. The molecule has 6 atom stereocenters. The van der Waals surface area contributed by atoms with Crippen LogP contribution in [0.5, 0.6) is 0 Å². The number of aliphatic carboxylic acids is 1. The van der Waals surface area contributed by atoms with Crippen molar-refractivity contribution in [3.05, 3.63) is 52.6 Å². The summed E-state index contributed by atoms with van der Waals surface area (Å²) in [5.74, 6) is 7.42. The van der Waals surface area contributed by atoms with Crippen LogP contribution >= 0.6 is 0 Å². The highest BCUT2D eigenvalue weighted by Gasteiger charge is 2.58. The zero-order chi connectivity index (χ0) is 27.7. The smallest absolute Gasteiger partial charge is 0.303 e. The molecule has 4 aliphatic rings. The van der Waals surface area contributed by atoms with Crippen LogP contribution in [-0.4, -0.2) is 41.7 Å². The molecule has 0 radical (unpaired) electrons. The summed E-state index contributed by atoms with van der Waals surface area (Å²) in [4.78, 5) is 25.4. The predicted molar refractivity (Wildman–Crippen MR) is 154 cm³/mol. The van der Waals surface area contributed by atoms with Gasteiger partial charge in [-0.2, -0.15) is 0 Å². The fourth-order valence-electron chi connectivity index (χ4n) is 8.18. The molecule has 5 rings (SSSR count). The van der Waals surface area contributed by atoms with Gasteiger partial charge in [0.15, 0.2) is 5.78 Å². The van der Waals surface area contributed by atoms with E-state index < -0.39 is 5.97 Å². The fourth-order valence-corrected chi connectivity index (χ4v) is 8.18. The molecule has 0 heterocycles. The molecule has 0 aromatic heterocycles. The third kappa shape index (κ3) is 5.33. The third-order valence-corrected chi connectivity index (χ3v) is 10.2. The Morgan fingerprint density at radius 3 is 2.62 bits per heavy atom. The second-order valence-corrected chi connectivity index (χ2v) is 12.5. The van der Waals surface area contributed by atoms with Crippen LogP contribution in [0.25, 0.3) is 0 Å². The normalized spacial score (nSPS) is 31.4. The summed E-state index contributed by atoms with van der Waals surface area (Å²) in [6, 6.07) is 8.95. The maximum absolute atomic E-state index is 12.4. The summed E-state index contributed by atoms with van der Waals surface area (Å²) in [6.07, 6.45) is 9.55. The summed E-state index contributed by atoms with van der Waals surface area (Å²) in [5, 5.41) is 20.1. The van der Waals surface area contributed by atoms with Crippen molar-refractivity contribution in [2.75, 3.05) is 18.5 Å². The minimum absolute atomic E-state index is 0.135. The molecular formula is C34H43NO4. The Bertz CT molecular complexity index is 1230. The standard InChI is InChI=1S/C34H43NO4/c1-4-8-23-19-24-20-26(36)14-15-27(24)33-28(21-34(2)29(32(23)33)16-17-30(34)37)22-10-12-25(13-11-22)35(3)18-7-5-6-9-31(38)39/h10-13,20,23,28-30,32,37H,5-7,9,14-19,21H2,1-3H3,(H,38,39)/t23?,28-,29+,30+,32+,34+/m1/s1. The van der Waals surface area contributed by atoms with E-state index in [2.05, 4.69) is 55.0 Å². The molecule has 5 heteroatoms. The molecular weight excluding hydrogens is 486 g/mol. The first-order valence-electron chi connectivity index (χ1n) is 14.8. The Hall–Kier alpha value is -2.84. The molecule has 1 unspecified atom stereocenters. The Morgan fingerprint density at radius 1 is 1.13 bits per heavy atom. The van der Waals surface area contributed by atoms with E-state index in [-0.39, 0.29) is 35.6 Å². The van der Waals surface area contributed by atoms with Gasteiger partial charge in [-0.1, -0.05) is 37.0 Å². The average molecular weight is 530 g/mol. The summed E-state index contributed by atoms with van der Waals surface area (Å²) in [5.41, 5.74) is 6.44. The Kier molecular flexibility index (Phi) is 8.06. The number of aliphatic hydroxyl groups is 1.